The molecule has 2 N–H and O–H groups in total. The van der Waals surface area contributed by atoms with Crippen LogP contribution in [0.1, 0.15) is 19.8 Å². The predicted octanol–water partition coefficient (Wildman–Crippen LogP) is 2.94. The minimum Gasteiger partial charge on any atom is -0.333 e. The van der Waals surface area contributed by atoms with Crippen molar-refractivity contribution >= 4 is 22.8 Å². The lowest BCUT2D eigenvalue weighted by Crippen LogP contribution is -2.48. The molecule has 20 heavy (non-hydrogen) atoms. The highest BCUT2D eigenvalue weighted by Crippen LogP contribution is 2.41. The smallest absolute Gasteiger partial charge is 0.166 e. The summed E-state index contributed by atoms with van der Waals surface area (Å²) < 4.78 is 0. The maximum absolute atomic E-state index is 9.58. The average molecular weight is 286 g/mol. The van der Waals surface area contributed by atoms with Crippen LogP contribution in [0.3, 0.4) is 0 Å². The van der Waals surface area contributed by atoms with Crippen molar-refractivity contribution < 1.29 is 0 Å². The summed E-state index contributed by atoms with van der Waals surface area (Å²) in [7, 11) is 0. The third-order valence-electron chi connectivity index (χ3n) is 3.77. The van der Waals surface area contributed by atoms with E-state index in [4.69, 9.17) is 0 Å². The molecule has 1 aromatic heterocycles. The number of benzene rings is 1. The van der Waals surface area contributed by atoms with Gasteiger partial charge in [-0.1, -0.05) is 30.8 Å². The van der Waals surface area contributed by atoms with Crippen LogP contribution in [0, 0.1) is 17.2 Å². The molecule has 3 rings (SSSR count). The normalized spacial score (nSPS) is 17.8. The number of rotatable bonds is 6. The molecular weight excluding hydrogens is 268 g/mol. The molecule has 1 heterocycles. The summed E-state index contributed by atoms with van der Waals surface area (Å²) in [6, 6.07) is 10.5. The first kappa shape index (κ1) is 13.5. The largest absolute Gasteiger partial charge is 0.333 e. The number of nitrogens with one attached hydrogen (secondary N) is 2. The van der Waals surface area contributed by atoms with Gasteiger partial charge >= 0.3 is 0 Å². The molecule has 1 aliphatic rings. The lowest BCUT2D eigenvalue weighted by Gasteiger charge is -2.26. The third kappa shape index (κ3) is 2.54. The maximum atomic E-state index is 9.58. The van der Waals surface area contributed by atoms with Gasteiger partial charge in [-0.15, -0.1) is 0 Å². The highest BCUT2D eigenvalue weighted by atomic mass is 32.2. The molecule has 0 amide bonds. The van der Waals surface area contributed by atoms with E-state index >= 15 is 0 Å². The molecule has 0 bridgehead atoms. The van der Waals surface area contributed by atoms with Crippen molar-refractivity contribution in [1.29, 1.82) is 5.26 Å². The Morgan fingerprint density at radius 1 is 1.50 bits per heavy atom. The van der Waals surface area contributed by atoms with Crippen LogP contribution in [-0.4, -0.2) is 27.8 Å². The van der Waals surface area contributed by atoms with Gasteiger partial charge in [0.25, 0.3) is 0 Å². The van der Waals surface area contributed by atoms with E-state index < -0.39 is 5.54 Å². The van der Waals surface area contributed by atoms with E-state index in [1.54, 1.807) is 11.8 Å². The summed E-state index contributed by atoms with van der Waals surface area (Å²) in [4.78, 5) is 7.87. The Bertz CT molecular complexity index is 608. The van der Waals surface area contributed by atoms with Crippen LogP contribution in [0.25, 0.3) is 11.0 Å². The Morgan fingerprint density at radius 2 is 2.30 bits per heavy atom. The molecule has 1 unspecified atom stereocenters. The summed E-state index contributed by atoms with van der Waals surface area (Å²) in [6.45, 7) is 2.88. The van der Waals surface area contributed by atoms with Gasteiger partial charge in [0.2, 0.25) is 0 Å². The van der Waals surface area contributed by atoms with Crippen molar-refractivity contribution in [3.05, 3.63) is 24.3 Å². The fraction of sp³-hybridized carbons (Fsp3) is 0.467. The standard InChI is InChI=1S/C15H18N4S/c1-2-17-15(9-16,11-7-8-11)10-20-14-18-12-5-3-4-6-13(12)19-14/h3-6,11,17H,2,7-8,10H2,1H3,(H,18,19). The molecule has 1 atom stereocenters. The summed E-state index contributed by atoms with van der Waals surface area (Å²) in [5, 5.41) is 13.9. The van der Waals surface area contributed by atoms with Crippen LogP contribution in [-0.2, 0) is 0 Å². The van der Waals surface area contributed by atoms with Gasteiger partial charge in [-0.2, -0.15) is 5.26 Å². The number of H-pyrrole nitrogens is 1. The van der Waals surface area contributed by atoms with Gasteiger partial charge in [-0.25, -0.2) is 4.98 Å². The average Bonchev–Trinajstić information content (AvgIpc) is 3.23. The Morgan fingerprint density at radius 3 is 2.95 bits per heavy atom. The van der Waals surface area contributed by atoms with Gasteiger partial charge < -0.3 is 4.98 Å². The Labute approximate surface area is 123 Å². The highest BCUT2D eigenvalue weighted by Gasteiger charge is 2.45. The van der Waals surface area contributed by atoms with Crippen molar-refractivity contribution in [2.24, 2.45) is 5.92 Å². The number of thioether (sulfide) groups is 1. The van der Waals surface area contributed by atoms with Crippen molar-refractivity contribution in [2.45, 2.75) is 30.5 Å². The first-order valence-electron chi connectivity index (χ1n) is 7.01. The van der Waals surface area contributed by atoms with E-state index in [2.05, 4.69) is 28.3 Å². The van der Waals surface area contributed by atoms with E-state index in [-0.39, 0.29) is 0 Å². The monoisotopic (exact) mass is 286 g/mol. The Kier molecular flexibility index (Phi) is 3.68. The van der Waals surface area contributed by atoms with Gasteiger partial charge in [0.05, 0.1) is 17.1 Å². The number of fused-ring (bicyclic) bond motifs is 1. The van der Waals surface area contributed by atoms with Crippen LogP contribution in [0.2, 0.25) is 0 Å². The number of aromatic amines is 1. The quantitative estimate of drug-likeness (QED) is 0.801. The molecule has 1 aromatic carbocycles. The summed E-state index contributed by atoms with van der Waals surface area (Å²) in [5.41, 5.74) is 1.62. The van der Waals surface area contributed by atoms with Crippen LogP contribution in [0.5, 0.6) is 0 Å². The first-order chi connectivity index (χ1) is 9.77. The maximum Gasteiger partial charge on any atom is 0.166 e. The van der Waals surface area contributed by atoms with Gasteiger partial charge in [0.1, 0.15) is 5.54 Å². The van der Waals surface area contributed by atoms with E-state index in [1.165, 1.54) is 0 Å². The number of aromatic nitrogens is 2. The number of nitriles is 1. The topological polar surface area (TPSA) is 64.5 Å². The lowest BCUT2D eigenvalue weighted by molar-refractivity contribution is 0.416. The van der Waals surface area contributed by atoms with Crippen LogP contribution in [0.4, 0.5) is 0 Å². The molecule has 104 valence electrons. The molecule has 1 fully saturated rings. The SMILES string of the molecule is CCNC(C#N)(CSc1nc2ccccc2[nH]1)C1CC1. The van der Waals surface area contributed by atoms with Crippen molar-refractivity contribution in [1.82, 2.24) is 15.3 Å². The van der Waals surface area contributed by atoms with Crippen molar-refractivity contribution in [2.75, 3.05) is 12.3 Å². The van der Waals surface area contributed by atoms with Crippen molar-refractivity contribution in [3.63, 3.8) is 0 Å². The van der Waals surface area contributed by atoms with Crippen molar-refractivity contribution in [3.8, 4) is 6.07 Å². The molecule has 0 radical (unpaired) electrons. The molecule has 5 heteroatoms. The molecule has 0 spiro atoms. The number of nitrogens with zero attached hydrogens (tertiary/aromatic N) is 2. The zero-order valence-electron chi connectivity index (χ0n) is 11.5. The number of hydrogen-bond donors (Lipinski definition) is 2. The fourth-order valence-corrected chi connectivity index (χ4v) is 3.66. The molecule has 1 saturated carbocycles. The second-order valence-electron chi connectivity index (χ2n) is 5.24. The van der Waals surface area contributed by atoms with Crippen LogP contribution in [0.15, 0.2) is 29.4 Å². The minimum atomic E-state index is -0.404. The second kappa shape index (κ2) is 5.47. The Balaban J connectivity index is 1.75. The van der Waals surface area contributed by atoms with Crippen LogP contribution >= 0.6 is 11.8 Å². The highest BCUT2D eigenvalue weighted by molar-refractivity contribution is 7.99. The molecular formula is C15H18N4S. The molecule has 0 aliphatic heterocycles. The lowest BCUT2D eigenvalue weighted by atomic mass is 9.98. The van der Waals surface area contributed by atoms with Gasteiger partial charge in [0.15, 0.2) is 5.16 Å². The number of para-hydroxylation sites is 2. The Hall–Kier alpha value is -1.51. The van der Waals surface area contributed by atoms with E-state index in [1.807, 2.05) is 24.3 Å². The van der Waals surface area contributed by atoms with Gasteiger partial charge in [-0.05, 0) is 37.4 Å². The summed E-state index contributed by atoms with van der Waals surface area (Å²) in [5.74, 6) is 1.23. The molecule has 1 aliphatic carbocycles. The first-order valence-corrected chi connectivity index (χ1v) is 8.00. The van der Waals surface area contributed by atoms with Gasteiger partial charge in [0, 0.05) is 5.75 Å². The fourth-order valence-electron chi connectivity index (χ4n) is 2.55. The summed E-state index contributed by atoms with van der Waals surface area (Å²) >= 11 is 1.63. The molecule has 4 nitrogen and oxygen atoms in total. The number of hydrogen-bond acceptors (Lipinski definition) is 4. The van der Waals surface area contributed by atoms with Crippen LogP contribution < -0.4 is 5.32 Å². The second-order valence-corrected chi connectivity index (χ2v) is 6.20. The predicted molar refractivity (Wildman–Crippen MR) is 81.6 cm³/mol. The minimum absolute atomic E-state index is 0.404. The molecule has 2 aromatic rings. The van der Waals surface area contributed by atoms with E-state index in [0.717, 1.165) is 41.3 Å². The molecule has 0 saturated heterocycles. The zero-order chi connectivity index (χ0) is 14.0. The summed E-state index contributed by atoms with van der Waals surface area (Å²) in [6.07, 6.45) is 2.31. The third-order valence-corrected chi connectivity index (χ3v) is 4.84. The van der Waals surface area contributed by atoms with E-state index in [0.29, 0.717) is 5.92 Å². The van der Waals surface area contributed by atoms with Gasteiger partial charge in [-0.3, -0.25) is 5.32 Å². The zero-order valence-corrected chi connectivity index (χ0v) is 12.3. The number of imidazole rings is 1. The van der Waals surface area contributed by atoms with E-state index in [9.17, 15) is 5.26 Å².